The fraction of sp³-hybridized carbons (Fsp3) is 0.735. The van der Waals surface area contributed by atoms with Crippen LogP contribution in [0.3, 0.4) is 0 Å². The summed E-state index contributed by atoms with van der Waals surface area (Å²) in [6.07, 6.45) is 5.26. The number of ether oxygens (including phenoxy) is 4. The van der Waals surface area contributed by atoms with E-state index in [1.54, 1.807) is 7.11 Å². The van der Waals surface area contributed by atoms with Gasteiger partial charge in [0.25, 0.3) is 0 Å². The third-order valence-electron chi connectivity index (χ3n) is 8.43. The monoisotopic (exact) mass is 602 g/mol. The number of aryl methyl sites for hydroxylation is 2. The zero-order valence-electron chi connectivity index (χ0n) is 27.5. The molecule has 1 fully saturated rings. The van der Waals surface area contributed by atoms with Crippen molar-refractivity contribution >= 4 is 23.7 Å². The van der Waals surface area contributed by atoms with Gasteiger partial charge in [0.05, 0.1) is 24.3 Å². The van der Waals surface area contributed by atoms with Crippen LogP contribution < -0.4 is 15.4 Å². The van der Waals surface area contributed by atoms with E-state index >= 15 is 0 Å². The van der Waals surface area contributed by atoms with Gasteiger partial charge in [-0.05, 0) is 100 Å². The molecule has 1 saturated heterocycles. The number of alkyl carbamates (subject to hydrolysis) is 1. The van der Waals surface area contributed by atoms with E-state index in [4.69, 9.17) is 18.9 Å². The Hall–Kier alpha value is -2.81. The molecule has 0 spiro atoms. The minimum absolute atomic E-state index is 0.0829. The molecule has 1 aliphatic heterocycles. The lowest BCUT2D eigenvalue weighted by atomic mass is 9.83. The number of fused-ring (bicyclic) bond motifs is 1. The number of anilines is 1. The second-order valence-electron chi connectivity index (χ2n) is 13.8. The molecule has 2 N–H and O–H groups in total. The van der Waals surface area contributed by atoms with Crippen molar-refractivity contribution in [1.82, 2.24) is 5.32 Å². The van der Waals surface area contributed by atoms with E-state index in [2.05, 4.69) is 36.6 Å². The van der Waals surface area contributed by atoms with Crippen molar-refractivity contribution in [3.63, 3.8) is 0 Å². The summed E-state index contributed by atoms with van der Waals surface area (Å²) in [4.78, 5) is 39.0. The Kier molecular flexibility index (Phi) is 12.7. The maximum atomic E-state index is 13.5. The van der Waals surface area contributed by atoms with Crippen molar-refractivity contribution in [1.29, 1.82) is 0 Å². The van der Waals surface area contributed by atoms with Gasteiger partial charge in [0, 0.05) is 26.6 Å². The summed E-state index contributed by atoms with van der Waals surface area (Å²) in [6, 6.07) is 3.67. The van der Waals surface area contributed by atoms with Gasteiger partial charge < -0.3 is 29.6 Å². The van der Waals surface area contributed by atoms with E-state index in [-0.39, 0.29) is 42.0 Å². The third kappa shape index (κ3) is 10.7. The van der Waals surface area contributed by atoms with Crippen LogP contribution in [0.4, 0.5) is 10.5 Å². The highest BCUT2D eigenvalue weighted by atomic mass is 16.6. The fourth-order valence-corrected chi connectivity index (χ4v) is 5.91. The van der Waals surface area contributed by atoms with Crippen LogP contribution in [0, 0.1) is 23.7 Å². The van der Waals surface area contributed by atoms with Crippen LogP contribution in [0.2, 0.25) is 0 Å². The Balaban J connectivity index is 1.76. The average molecular weight is 603 g/mol. The van der Waals surface area contributed by atoms with Gasteiger partial charge in [0.15, 0.2) is 0 Å². The summed E-state index contributed by atoms with van der Waals surface area (Å²) in [7, 11) is 1.67. The Morgan fingerprint density at radius 3 is 2.30 bits per heavy atom. The van der Waals surface area contributed by atoms with Crippen molar-refractivity contribution in [2.24, 2.45) is 23.7 Å². The number of rotatable bonds is 14. The number of carbonyl (C=O) groups excluding carboxylic acids is 3. The second-order valence-corrected chi connectivity index (χ2v) is 13.8. The molecule has 2 aliphatic rings. The highest BCUT2D eigenvalue weighted by Gasteiger charge is 2.42. The lowest BCUT2D eigenvalue weighted by Crippen LogP contribution is -2.47. The highest BCUT2D eigenvalue weighted by molar-refractivity contribution is 5.92. The van der Waals surface area contributed by atoms with Crippen LogP contribution in [0.15, 0.2) is 12.1 Å². The number of esters is 1. The third-order valence-corrected chi connectivity index (χ3v) is 8.43. The van der Waals surface area contributed by atoms with Crippen LogP contribution in [0.5, 0.6) is 5.75 Å². The Morgan fingerprint density at radius 2 is 1.72 bits per heavy atom. The predicted octanol–water partition coefficient (Wildman–Crippen LogP) is 6.45. The molecule has 0 saturated carbocycles. The number of methoxy groups -OCH3 is 1. The maximum Gasteiger partial charge on any atom is 0.408 e. The number of cyclic esters (lactones) is 1. The molecule has 0 unspecified atom stereocenters. The van der Waals surface area contributed by atoms with E-state index in [0.29, 0.717) is 37.5 Å². The van der Waals surface area contributed by atoms with Gasteiger partial charge in [-0.1, -0.05) is 27.7 Å². The van der Waals surface area contributed by atoms with Crippen LogP contribution in [0.1, 0.15) is 98.1 Å². The van der Waals surface area contributed by atoms with Crippen molar-refractivity contribution in [2.45, 2.75) is 118 Å². The Labute approximate surface area is 258 Å². The van der Waals surface area contributed by atoms with E-state index in [9.17, 15) is 14.4 Å². The van der Waals surface area contributed by atoms with Gasteiger partial charge in [0.1, 0.15) is 17.5 Å². The summed E-state index contributed by atoms with van der Waals surface area (Å²) in [6.45, 7) is 14.7. The maximum absolute atomic E-state index is 13.5. The van der Waals surface area contributed by atoms with Gasteiger partial charge in [-0.25, -0.2) is 4.79 Å². The largest absolute Gasteiger partial charge is 0.491 e. The smallest absolute Gasteiger partial charge is 0.408 e. The summed E-state index contributed by atoms with van der Waals surface area (Å²) in [5.41, 5.74) is 2.57. The second kappa shape index (κ2) is 15.8. The number of hydrogen-bond donors (Lipinski definition) is 2. The lowest BCUT2D eigenvalue weighted by Gasteiger charge is -2.31. The van der Waals surface area contributed by atoms with Gasteiger partial charge in [0.2, 0.25) is 5.91 Å². The highest BCUT2D eigenvalue weighted by Crippen LogP contribution is 2.35. The molecule has 4 atom stereocenters. The van der Waals surface area contributed by atoms with Gasteiger partial charge >= 0.3 is 12.1 Å². The molecular weight excluding hydrogens is 548 g/mol. The van der Waals surface area contributed by atoms with Crippen molar-refractivity contribution in [3.05, 3.63) is 23.3 Å². The quantitative estimate of drug-likeness (QED) is 0.186. The molecular formula is C34H54N2O7. The molecule has 0 aromatic heterocycles. The van der Waals surface area contributed by atoms with E-state index in [1.807, 2.05) is 34.6 Å². The molecule has 1 aromatic carbocycles. The zero-order chi connectivity index (χ0) is 31.7. The van der Waals surface area contributed by atoms with Crippen molar-refractivity contribution < 1.29 is 33.3 Å². The summed E-state index contributed by atoms with van der Waals surface area (Å²) in [5.74, 6) is 0.304. The van der Waals surface area contributed by atoms with Crippen LogP contribution in [-0.2, 0) is 36.6 Å². The van der Waals surface area contributed by atoms with Crippen molar-refractivity contribution in [2.75, 3.05) is 25.6 Å². The molecule has 0 bridgehead atoms. The van der Waals surface area contributed by atoms with E-state index in [0.717, 1.165) is 32.1 Å². The first-order valence-corrected chi connectivity index (χ1v) is 16.0. The van der Waals surface area contributed by atoms with Crippen LogP contribution in [0.25, 0.3) is 0 Å². The first-order valence-electron chi connectivity index (χ1n) is 16.0. The molecule has 3 rings (SSSR count). The first-order chi connectivity index (χ1) is 20.3. The number of hydrogen-bond acceptors (Lipinski definition) is 7. The van der Waals surface area contributed by atoms with Crippen LogP contribution >= 0.6 is 0 Å². The molecule has 2 amide bonds. The number of amides is 2. The Bertz CT molecular complexity index is 1090. The number of benzene rings is 1. The molecule has 43 heavy (non-hydrogen) atoms. The standard InChI is InChI=1S/C34H54N2O7/c1-21(2)25(17-28(36-33(39)43-34(5,6)7)30-20-26(22(3)4)32(38)42-30)19-31(37)35-27-16-23-12-9-10-13-24(23)18-29(27)41-15-11-14-40-8/h16,18,21-22,25-26,28,30H,9-15,17,19-20H2,1-8H3,(H,35,37)(H,36,39)/t25-,26+,28+,30-/m1/s1. The molecule has 1 heterocycles. The van der Waals surface area contributed by atoms with Crippen LogP contribution in [-0.4, -0.2) is 56.0 Å². The van der Waals surface area contributed by atoms with E-state index < -0.39 is 23.8 Å². The Morgan fingerprint density at radius 1 is 1.05 bits per heavy atom. The van der Waals surface area contributed by atoms with Gasteiger partial charge in [-0.2, -0.15) is 0 Å². The first kappa shape index (κ1) is 34.7. The fourth-order valence-electron chi connectivity index (χ4n) is 5.91. The molecule has 9 heteroatoms. The summed E-state index contributed by atoms with van der Waals surface area (Å²) in [5, 5.41) is 6.12. The van der Waals surface area contributed by atoms with E-state index in [1.165, 1.54) is 11.1 Å². The lowest BCUT2D eigenvalue weighted by molar-refractivity contribution is -0.146. The minimum atomic E-state index is -0.670. The SMILES string of the molecule is COCCCOc1cc2c(cc1NC(=O)C[C@@H](C[C@H](NC(=O)OC(C)(C)C)[C@H]1C[C@@H](C(C)C)C(=O)O1)C(C)C)CCCC2. The topological polar surface area (TPSA) is 112 Å². The molecule has 242 valence electrons. The predicted molar refractivity (Wildman–Crippen MR) is 167 cm³/mol. The molecule has 1 aromatic rings. The molecule has 0 radical (unpaired) electrons. The van der Waals surface area contributed by atoms with Gasteiger partial charge in [-0.15, -0.1) is 0 Å². The zero-order valence-corrected chi connectivity index (χ0v) is 27.5. The average Bonchev–Trinajstić information content (AvgIpc) is 3.31. The summed E-state index contributed by atoms with van der Waals surface area (Å²) >= 11 is 0. The summed E-state index contributed by atoms with van der Waals surface area (Å²) < 4.78 is 22.6. The van der Waals surface area contributed by atoms with Gasteiger partial charge in [-0.3, -0.25) is 9.59 Å². The number of nitrogens with one attached hydrogen (secondary N) is 2. The molecule has 1 aliphatic carbocycles. The van der Waals surface area contributed by atoms with Crippen molar-refractivity contribution in [3.8, 4) is 5.75 Å². The number of carbonyl (C=O) groups is 3. The molecule has 9 nitrogen and oxygen atoms in total. The minimum Gasteiger partial charge on any atom is -0.491 e. The normalized spacial score (nSPS) is 19.9.